The molecule has 1 N–H and O–H groups in total. The molecule has 24 heavy (non-hydrogen) atoms. The lowest BCUT2D eigenvalue weighted by Crippen LogP contribution is -2.57. The number of carbonyl (C=O) groups excluding carboxylic acids is 1. The third-order valence-electron chi connectivity index (χ3n) is 5.39. The number of hydrogen-bond acceptors (Lipinski definition) is 4. The second-order valence-corrected chi connectivity index (χ2v) is 7.41. The number of hydrogen-bond donors (Lipinski definition) is 1. The molecule has 0 spiro atoms. The van der Waals surface area contributed by atoms with Crippen LogP contribution in [0.3, 0.4) is 0 Å². The number of anilines is 1. The normalized spacial score (nSPS) is 20.2. The van der Waals surface area contributed by atoms with E-state index in [-0.39, 0.29) is 5.91 Å². The maximum absolute atomic E-state index is 12.7. The number of pyridine rings is 1. The largest absolute Gasteiger partial charge is 0.357 e. The summed E-state index contributed by atoms with van der Waals surface area (Å²) in [4.78, 5) is 21.4. The zero-order valence-electron chi connectivity index (χ0n) is 15.1. The Kier molecular flexibility index (Phi) is 5.39. The molecule has 0 atom stereocenters. The second kappa shape index (κ2) is 7.51. The number of amides is 1. The fourth-order valence-electron chi connectivity index (χ4n) is 3.98. The maximum atomic E-state index is 12.7. The van der Waals surface area contributed by atoms with Gasteiger partial charge in [0.2, 0.25) is 5.91 Å². The molecule has 2 fully saturated rings. The monoisotopic (exact) mass is 330 g/mol. The summed E-state index contributed by atoms with van der Waals surface area (Å²) in [5.74, 6) is 1.29. The Bertz CT molecular complexity index is 543. The Morgan fingerprint density at radius 3 is 2.46 bits per heavy atom. The zero-order chi connectivity index (χ0) is 17.0. The van der Waals surface area contributed by atoms with Crippen molar-refractivity contribution in [1.82, 2.24) is 15.2 Å². The topological polar surface area (TPSA) is 48.5 Å². The molecule has 2 aliphatic rings. The summed E-state index contributed by atoms with van der Waals surface area (Å²) in [5, 5.41) is 3.58. The van der Waals surface area contributed by atoms with Crippen LogP contribution in [-0.4, -0.2) is 48.5 Å². The van der Waals surface area contributed by atoms with E-state index in [1.807, 2.05) is 20.3 Å². The molecule has 1 saturated heterocycles. The summed E-state index contributed by atoms with van der Waals surface area (Å²) in [5.41, 5.74) is 0.754. The van der Waals surface area contributed by atoms with Crippen molar-refractivity contribution in [2.45, 2.75) is 57.0 Å². The van der Waals surface area contributed by atoms with Gasteiger partial charge in [-0.05, 0) is 37.3 Å². The summed E-state index contributed by atoms with van der Waals surface area (Å²) < 4.78 is 0. The molecular formula is C19H30N4O. The van der Waals surface area contributed by atoms with Crippen molar-refractivity contribution in [3.05, 3.63) is 23.9 Å². The van der Waals surface area contributed by atoms with E-state index in [1.54, 1.807) is 4.90 Å². The summed E-state index contributed by atoms with van der Waals surface area (Å²) >= 11 is 0. The Balaban J connectivity index is 1.64. The number of rotatable bonds is 5. The fraction of sp³-hybridized carbons (Fsp3) is 0.684. The van der Waals surface area contributed by atoms with Crippen molar-refractivity contribution in [3.8, 4) is 0 Å². The van der Waals surface area contributed by atoms with Gasteiger partial charge in [-0.25, -0.2) is 4.98 Å². The summed E-state index contributed by atoms with van der Waals surface area (Å²) in [6.45, 7) is 2.93. The standard InChI is InChI=1S/C19H30N4O/c1-22(2)18(24)19(10-4-3-5-11-19)21-15-16-8-9-17(20-14-16)23-12-6-7-13-23/h8-9,14,21H,3-7,10-13,15H2,1-2H3. The molecule has 3 rings (SSSR count). The van der Waals surface area contributed by atoms with Gasteiger partial charge < -0.3 is 9.80 Å². The van der Waals surface area contributed by atoms with Gasteiger partial charge in [0, 0.05) is 39.9 Å². The highest BCUT2D eigenvalue weighted by atomic mass is 16.2. The van der Waals surface area contributed by atoms with Crippen LogP contribution >= 0.6 is 0 Å². The molecule has 5 heteroatoms. The number of carbonyl (C=O) groups is 1. The lowest BCUT2D eigenvalue weighted by Gasteiger charge is -2.38. The van der Waals surface area contributed by atoms with Gasteiger partial charge in [-0.15, -0.1) is 0 Å². The molecule has 1 aromatic rings. The van der Waals surface area contributed by atoms with E-state index in [2.05, 4.69) is 27.3 Å². The minimum atomic E-state index is -0.393. The molecule has 132 valence electrons. The minimum Gasteiger partial charge on any atom is -0.357 e. The van der Waals surface area contributed by atoms with E-state index < -0.39 is 5.54 Å². The van der Waals surface area contributed by atoms with Gasteiger partial charge in [-0.2, -0.15) is 0 Å². The van der Waals surface area contributed by atoms with E-state index >= 15 is 0 Å². The molecule has 1 saturated carbocycles. The first-order chi connectivity index (χ1) is 11.6. The summed E-state index contributed by atoms with van der Waals surface area (Å²) in [7, 11) is 3.71. The van der Waals surface area contributed by atoms with Gasteiger partial charge in [0.15, 0.2) is 0 Å². The number of aromatic nitrogens is 1. The quantitative estimate of drug-likeness (QED) is 0.901. The van der Waals surface area contributed by atoms with Gasteiger partial charge in [0.05, 0.1) is 5.54 Å². The highest BCUT2D eigenvalue weighted by Gasteiger charge is 2.39. The zero-order valence-corrected chi connectivity index (χ0v) is 15.1. The first-order valence-electron chi connectivity index (χ1n) is 9.27. The molecule has 0 radical (unpaired) electrons. The van der Waals surface area contributed by atoms with Crippen molar-refractivity contribution in [3.63, 3.8) is 0 Å². The van der Waals surface area contributed by atoms with Crippen molar-refractivity contribution in [1.29, 1.82) is 0 Å². The van der Waals surface area contributed by atoms with Crippen molar-refractivity contribution >= 4 is 11.7 Å². The smallest absolute Gasteiger partial charge is 0.242 e. The highest BCUT2D eigenvalue weighted by molar-refractivity contribution is 5.86. The molecule has 1 aliphatic heterocycles. The van der Waals surface area contributed by atoms with Gasteiger partial charge in [-0.3, -0.25) is 10.1 Å². The van der Waals surface area contributed by atoms with Crippen molar-refractivity contribution < 1.29 is 4.79 Å². The molecular weight excluding hydrogens is 300 g/mol. The molecule has 0 aromatic carbocycles. The van der Waals surface area contributed by atoms with Crippen LogP contribution in [-0.2, 0) is 11.3 Å². The molecule has 1 amide bonds. The molecule has 5 nitrogen and oxygen atoms in total. The van der Waals surface area contributed by atoms with Crippen LogP contribution in [0.2, 0.25) is 0 Å². The van der Waals surface area contributed by atoms with Crippen LogP contribution in [0, 0.1) is 0 Å². The summed E-state index contributed by atoms with van der Waals surface area (Å²) in [6, 6.07) is 4.26. The van der Waals surface area contributed by atoms with E-state index in [4.69, 9.17) is 0 Å². The Morgan fingerprint density at radius 2 is 1.88 bits per heavy atom. The fourth-order valence-corrected chi connectivity index (χ4v) is 3.98. The van der Waals surface area contributed by atoms with Crippen LogP contribution in [0.5, 0.6) is 0 Å². The minimum absolute atomic E-state index is 0.212. The van der Waals surface area contributed by atoms with Crippen LogP contribution in [0.25, 0.3) is 0 Å². The van der Waals surface area contributed by atoms with Crippen molar-refractivity contribution in [2.75, 3.05) is 32.1 Å². The lowest BCUT2D eigenvalue weighted by atomic mass is 9.80. The highest BCUT2D eigenvalue weighted by Crippen LogP contribution is 2.30. The first kappa shape index (κ1) is 17.2. The van der Waals surface area contributed by atoms with Crippen LogP contribution in [0.1, 0.15) is 50.5 Å². The predicted octanol–water partition coefficient (Wildman–Crippen LogP) is 2.56. The van der Waals surface area contributed by atoms with E-state index in [1.165, 1.54) is 19.3 Å². The number of nitrogens with one attached hydrogen (secondary N) is 1. The average Bonchev–Trinajstić information content (AvgIpc) is 3.15. The number of nitrogens with zero attached hydrogens (tertiary/aromatic N) is 3. The van der Waals surface area contributed by atoms with E-state index in [0.717, 1.165) is 50.2 Å². The van der Waals surface area contributed by atoms with Gasteiger partial charge >= 0.3 is 0 Å². The number of likely N-dealkylation sites (N-methyl/N-ethyl adjacent to an activating group) is 1. The maximum Gasteiger partial charge on any atom is 0.242 e. The predicted molar refractivity (Wildman–Crippen MR) is 97.0 cm³/mol. The first-order valence-corrected chi connectivity index (χ1v) is 9.27. The van der Waals surface area contributed by atoms with Crippen molar-refractivity contribution in [2.24, 2.45) is 0 Å². The molecule has 0 bridgehead atoms. The SMILES string of the molecule is CN(C)C(=O)C1(NCc2ccc(N3CCCC3)nc2)CCCCC1. The lowest BCUT2D eigenvalue weighted by molar-refractivity contribution is -0.137. The van der Waals surface area contributed by atoms with E-state index in [0.29, 0.717) is 6.54 Å². The second-order valence-electron chi connectivity index (χ2n) is 7.41. The Morgan fingerprint density at radius 1 is 1.17 bits per heavy atom. The third-order valence-corrected chi connectivity index (χ3v) is 5.39. The van der Waals surface area contributed by atoms with Crippen LogP contribution in [0.4, 0.5) is 5.82 Å². The third kappa shape index (κ3) is 3.72. The van der Waals surface area contributed by atoms with E-state index in [9.17, 15) is 4.79 Å². The molecule has 2 heterocycles. The average molecular weight is 330 g/mol. The van der Waals surface area contributed by atoms with Crippen LogP contribution < -0.4 is 10.2 Å². The Hall–Kier alpha value is -1.62. The Labute approximate surface area is 145 Å². The summed E-state index contributed by atoms with van der Waals surface area (Å²) in [6.07, 6.45) is 9.83. The van der Waals surface area contributed by atoms with Crippen LogP contribution in [0.15, 0.2) is 18.3 Å². The van der Waals surface area contributed by atoms with Gasteiger partial charge in [-0.1, -0.05) is 25.3 Å². The van der Waals surface area contributed by atoms with Gasteiger partial charge in [0.1, 0.15) is 5.82 Å². The molecule has 1 aliphatic carbocycles. The molecule has 1 aromatic heterocycles. The van der Waals surface area contributed by atoms with Gasteiger partial charge in [0.25, 0.3) is 0 Å². The molecule has 0 unspecified atom stereocenters.